The van der Waals surface area contributed by atoms with Gasteiger partial charge in [0.15, 0.2) is 5.78 Å². The standard InChI is InChI=1S/C12H7BrF3NO2/c13-5-10(18)8-3-6-1-2-7(12(14,15)16)4-9(6)17-11(8)19/h1-4H,5H2,(H,17,19). The summed E-state index contributed by atoms with van der Waals surface area (Å²) in [5, 5.41) is 0.347. The van der Waals surface area contributed by atoms with Crippen molar-refractivity contribution in [3.8, 4) is 0 Å². The number of nitrogens with one attached hydrogen (secondary N) is 1. The molecule has 0 spiro atoms. The maximum atomic E-state index is 12.5. The monoisotopic (exact) mass is 333 g/mol. The Morgan fingerprint density at radius 3 is 2.53 bits per heavy atom. The first kappa shape index (κ1) is 13.8. The fourth-order valence-corrected chi connectivity index (χ4v) is 1.96. The van der Waals surface area contributed by atoms with E-state index in [0.717, 1.165) is 12.1 Å². The van der Waals surface area contributed by atoms with Crippen molar-refractivity contribution in [1.29, 1.82) is 0 Å². The lowest BCUT2D eigenvalue weighted by Gasteiger charge is -2.08. The zero-order valence-corrected chi connectivity index (χ0v) is 10.9. The van der Waals surface area contributed by atoms with Crippen LogP contribution in [0.1, 0.15) is 15.9 Å². The van der Waals surface area contributed by atoms with Crippen LogP contribution in [0.25, 0.3) is 10.9 Å². The molecule has 2 rings (SSSR count). The Balaban J connectivity index is 2.65. The van der Waals surface area contributed by atoms with E-state index in [9.17, 15) is 22.8 Å². The third kappa shape index (κ3) is 2.70. The summed E-state index contributed by atoms with van der Waals surface area (Å²) in [5.74, 6) is -0.428. The van der Waals surface area contributed by atoms with Gasteiger partial charge in [-0.15, -0.1) is 0 Å². The van der Waals surface area contributed by atoms with Crippen molar-refractivity contribution in [2.45, 2.75) is 6.18 Å². The molecule has 0 aliphatic carbocycles. The molecule has 3 nitrogen and oxygen atoms in total. The zero-order valence-electron chi connectivity index (χ0n) is 9.34. The summed E-state index contributed by atoms with van der Waals surface area (Å²) in [5.41, 5.74) is -1.58. The fraction of sp³-hybridized carbons (Fsp3) is 0.167. The molecular formula is C12H7BrF3NO2. The van der Waals surface area contributed by atoms with Crippen molar-refractivity contribution in [2.75, 3.05) is 5.33 Å². The summed E-state index contributed by atoms with van der Waals surface area (Å²) < 4.78 is 37.6. The second-order valence-corrected chi connectivity index (χ2v) is 4.43. The van der Waals surface area contributed by atoms with Crippen molar-refractivity contribution in [1.82, 2.24) is 4.98 Å². The van der Waals surface area contributed by atoms with Crippen LogP contribution < -0.4 is 5.56 Å². The molecule has 1 heterocycles. The molecule has 7 heteroatoms. The first-order chi connectivity index (χ1) is 8.82. The molecule has 0 fully saturated rings. The second-order valence-electron chi connectivity index (χ2n) is 3.87. The Hall–Kier alpha value is -1.63. The van der Waals surface area contributed by atoms with Crippen molar-refractivity contribution in [3.05, 3.63) is 45.7 Å². The van der Waals surface area contributed by atoms with E-state index in [1.54, 1.807) is 0 Å². The molecule has 0 saturated carbocycles. The lowest BCUT2D eigenvalue weighted by molar-refractivity contribution is -0.137. The minimum absolute atomic E-state index is 0.0256. The molecule has 0 aliphatic rings. The van der Waals surface area contributed by atoms with Gasteiger partial charge in [-0.3, -0.25) is 9.59 Å². The Morgan fingerprint density at radius 2 is 1.95 bits per heavy atom. The van der Waals surface area contributed by atoms with Crippen molar-refractivity contribution in [3.63, 3.8) is 0 Å². The first-order valence-corrected chi connectivity index (χ1v) is 6.28. The molecule has 1 N–H and O–H groups in total. The van der Waals surface area contributed by atoms with Gasteiger partial charge < -0.3 is 4.98 Å². The predicted octanol–water partition coefficient (Wildman–Crippen LogP) is 3.12. The number of H-pyrrole nitrogens is 1. The van der Waals surface area contributed by atoms with Crippen molar-refractivity contribution < 1.29 is 18.0 Å². The Bertz CT molecular complexity index is 706. The van der Waals surface area contributed by atoms with E-state index in [1.807, 2.05) is 0 Å². The van der Waals surface area contributed by atoms with Crippen LogP contribution in [0, 0.1) is 0 Å². The topological polar surface area (TPSA) is 49.9 Å². The smallest absolute Gasteiger partial charge is 0.321 e. The van der Waals surface area contributed by atoms with Gasteiger partial charge in [-0.2, -0.15) is 13.2 Å². The highest BCUT2D eigenvalue weighted by molar-refractivity contribution is 9.09. The van der Waals surface area contributed by atoms with Gasteiger partial charge >= 0.3 is 6.18 Å². The molecule has 2 aromatic rings. The maximum Gasteiger partial charge on any atom is 0.416 e. The normalized spacial score (nSPS) is 11.8. The number of hydrogen-bond donors (Lipinski definition) is 1. The largest absolute Gasteiger partial charge is 0.416 e. The average Bonchev–Trinajstić information content (AvgIpc) is 2.35. The number of aromatic amines is 1. The van der Waals surface area contributed by atoms with Gasteiger partial charge in [0.25, 0.3) is 5.56 Å². The number of pyridine rings is 1. The van der Waals surface area contributed by atoms with E-state index in [1.165, 1.54) is 12.1 Å². The first-order valence-electron chi connectivity index (χ1n) is 5.16. The number of carbonyl (C=O) groups is 1. The molecular weight excluding hydrogens is 327 g/mol. The molecule has 0 amide bonds. The van der Waals surface area contributed by atoms with Crippen LogP contribution in [0.15, 0.2) is 29.1 Å². The molecule has 0 radical (unpaired) electrons. The number of carbonyl (C=O) groups excluding carboxylic acids is 1. The van der Waals surface area contributed by atoms with Gasteiger partial charge in [-0.05, 0) is 23.6 Å². The number of ketones is 1. The molecule has 0 bridgehead atoms. The van der Waals surface area contributed by atoms with E-state index < -0.39 is 23.1 Å². The molecule has 100 valence electrons. The van der Waals surface area contributed by atoms with Gasteiger partial charge in [0.1, 0.15) is 0 Å². The number of rotatable bonds is 2. The van der Waals surface area contributed by atoms with Crippen LogP contribution in [0.3, 0.4) is 0 Å². The highest BCUT2D eigenvalue weighted by Crippen LogP contribution is 2.30. The van der Waals surface area contributed by atoms with E-state index in [2.05, 4.69) is 20.9 Å². The zero-order chi connectivity index (χ0) is 14.2. The van der Waals surface area contributed by atoms with E-state index in [-0.39, 0.29) is 16.4 Å². The molecule has 0 unspecified atom stereocenters. The van der Waals surface area contributed by atoms with Gasteiger partial charge in [-0.1, -0.05) is 22.0 Å². The number of alkyl halides is 4. The van der Waals surface area contributed by atoms with Gasteiger partial charge in [0.05, 0.1) is 16.5 Å². The van der Waals surface area contributed by atoms with Gasteiger partial charge in [-0.25, -0.2) is 0 Å². The number of benzene rings is 1. The summed E-state index contributed by atoms with van der Waals surface area (Å²) in [6.07, 6.45) is -4.48. The minimum atomic E-state index is -4.48. The summed E-state index contributed by atoms with van der Waals surface area (Å²) in [4.78, 5) is 25.4. The lowest BCUT2D eigenvalue weighted by Crippen LogP contribution is -2.18. The minimum Gasteiger partial charge on any atom is -0.321 e. The Morgan fingerprint density at radius 1 is 1.26 bits per heavy atom. The van der Waals surface area contributed by atoms with Crippen LogP contribution in [-0.2, 0) is 6.18 Å². The number of hydrogen-bond acceptors (Lipinski definition) is 2. The Labute approximate surface area is 113 Å². The summed E-state index contributed by atoms with van der Waals surface area (Å²) >= 11 is 2.94. The third-order valence-corrected chi connectivity index (χ3v) is 3.10. The summed E-state index contributed by atoms with van der Waals surface area (Å²) in [7, 11) is 0. The van der Waals surface area contributed by atoms with Crippen LogP contribution in [-0.4, -0.2) is 16.1 Å². The van der Waals surface area contributed by atoms with Crippen LogP contribution >= 0.6 is 15.9 Å². The highest BCUT2D eigenvalue weighted by atomic mass is 79.9. The lowest BCUT2D eigenvalue weighted by atomic mass is 10.1. The van der Waals surface area contributed by atoms with Crippen molar-refractivity contribution in [2.24, 2.45) is 0 Å². The van der Waals surface area contributed by atoms with Crippen molar-refractivity contribution >= 4 is 32.6 Å². The highest BCUT2D eigenvalue weighted by Gasteiger charge is 2.30. The number of halogens is 4. The van der Waals surface area contributed by atoms with Crippen LogP contribution in [0.5, 0.6) is 0 Å². The summed E-state index contributed by atoms with van der Waals surface area (Å²) in [6, 6.07) is 4.26. The molecule has 1 aromatic heterocycles. The second kappa shape index (κ2) is 4.80. The summed E-state index contributed by atoms with van der Waals surface area (Å²) in [6.45, 7) is 0. The average molecular weight is 334 g/mol. The number of aromatic nitrogens is 1. The number of Topliss-reactive ketones (excluding diaryl/α,β-unsaturated/α-hetero) is 1. The predicted molar refractivity (Wildman–Crippen MR) is 67.7 cm³/mol. The SMILES string of the molecule is O=C(CBr)c1cc2ccc(C(F)(F)F)cc2[nH]c1=O. The third-order valence-electron chi connectivity index (χ3n) is 2.60. The quantitative estimate of drug-likeness (QED) is 0.678. The van der Waals surface area contributed by atoms with Gasteiger partial charge in [0, 0.05) is 5.52 Å². The maximum absolute atomic E-state index is 12.5. The molecule has 0 atom stereocenters. The Kier molecular flexibility index (Phi) is 3.49. The number of fused-ring (bicyclic) bond motifs is 1. The van der Waals surface area contributed by atoms with E-state index >= 15 is 0 Å². The molecule has 19 heavy (non-hydrogen) atoms. The molecule has 0 saturated heterocycles. The van der Waals surface area contributed by atoms with E-state index in [4.69, 9.17) is 0 Å². The van der Waals surface area contributed by atoms with E-state index in [0.29, 0.717) is 5.39 Å². The molecule has 1 aromatic carbocycles. The van der Waals surface area contributed by atoms with Crippen LogP contribution in [0.2, 0.25) is 0 Å². The van der Waals surface area contributed by atoms with Crippen LogP contribution in [0.4, 0.5) is 13.2 Å². The fourth-order valence-electron chi connectivity index (χ4n) is 1.66. The van der Waals surface area contributed by atoms with Gasteiger partial charge in [0.2, 0.25) is 0 Å². The molecule has 0 aliphatic heterocycles.